The minimum Gasteiger partial charge on any atom is -0.491 e. The zero-order valence-electron chi connectivity index (χ0n) is 23.5. The molecule has 0 unspecified atom stereocenters. The van der Waals surface area contributed by atoms with E-state index in [4.69, 9.17) is 21.1 Å². The summed E-state index contributed by atoms with van der Waals surface area (Å²) >= 11 is 6.54. The number of fused-ring (bicyclic) bond motifs is 1. The molecule has 6 rings (SSSR count). The molecule has 4 aromatic rings. The van der Waals surface area contributed by atoms with Gasteiger partial charge in [0.1, 0.15) is 36.3 Å². The smallest absolute Gasteiger partial charge is 0.247 e. The van der Waals surface area contributed by atoms with Crippen molar-refractivity contribution in [2.24, 2.45) is 5.92 Å². The number of halogens is 1. The number of rotatable bonds is 11. The predicted molar refractivity (Wildman–Crippen MR) is 165 cm³/mol. The molecular formula is C32H31ClN6O4. The zero-order valence-corrected chi connectivity index (χ0v) is 24.2. The van der Waals surface area contributed by atoms with Gasteiger partial charge in [-0.1, -0.05) is 24.2 Å². The van der Waals surface area contributed by atoms with Crippen LogP contribution in [0.3, 0.4) is 0 Å². The Kier molecular flexibility index (Phi) is 8.37. The second-order valence-corrected chi connectivity index (χ2v) is 11.0. The van der Waals surface area contributed by atoms with Crippen molar-refractivity contribution in [2.45, 2.75) is 38.3 Å². The van der Waals surface area contributed by atoms with Crippen molar-refractivity contribution in [3.8, 4) is 11.5 Å². The highest BCUT2D eigenvalue weighted by Gasteiger charge is 2.33. The van der Waals surface area contributed by atoms with Gasteiger partial charge < -0.3 is 25.0 Å². The Morgan fingerprint density at radius 2 is 1.93 bits per heavy atom. The van der Waals surface area contributed by atoms with Crippen LogP contribution >= 0.6 is 11.6 Å². The van der Waals surface area contributed by atoms with E-state index in [9.17, 15) is 9.59 Å². The second kappa shape index (κ2) is 12.7. The number of hydrogen-bond acceptors (Lipinski definition) is 8. The largest absolute Gasteiger partial charge is 0.491 e. The normalized spacial score (nSPS) is 16.1. The van der Waals surface area contributed by atoms with Gasteiger partial charge in [-0.3, -0.25) is 14.6 Å². The summed E-state index contributed by atoms with van der Waals surface area (Å²) in [5.74, 6) is 1.56. The van der Waals surface area contributed by atoms with Crippen LogP contribution in [0.2, 0.25) is 5.02 Å². The Bertz CT molecular complexity index is 1660. The number of nitrogens with one attached hydrogen (secondary N) is 2. The Balaban J connectivity index is 1.25. The number of benzene rings is 2. The molecule has 0 bridgehead atoms. The van der Waals surface area contributed by atoms with E-state index in [2.05, 4.69) is 32.2 Å². The number of ether oxygens (including phenoxy) is 2. The highest BCUT2D eigenvalue weighted by atomic mass is 35.5. The molecule has 10 nitrogen and oxygen atoms in total. The van der Waals surface area contributed by atoms with Crippen LogP contribution in [0.25, 0.3) is 10.9 Å². The van der Waals surface area contributed by atoms with Crippen molar-refractivity contribution in [1.29, 1.82) is 0 Å². The molecule has 11 heteroatoms. The predicted octanol–water partition coefficient (Wildman–Crippen LogP) is 5.91. The van der Waals surface area contributed by atoms with Crippen LogP contribution in [0, 0.1) is 5.92 Å². The maximum Gasteiger partial charge on any atom is 0.247 e. The molecule has 1 aliphatic heterocycles. The van der Waals surface area contributed by atoms with Gasteiger partial charge in [0.25, 0.3) is 0 Å². The number of anilines is 3. The van der Waals surface area contributed by atoms with Gasteiger partial charge in [0.2, 0.25) is 11.8 Å². The Hall–Kier alpha value is -4.70. The number of nitrogens with zero attached hydrogens (tertiary/aromatic N) is 4. The molecule has 0 spiro atoms. The molecule has 2 aliphatic rings. The maximum absolute atomic E-state index is 13.4. The lowest BCUT2D eigenvalue weighted by molar-refractivity contribution is -0.132. The Morgan fingerprint density at radius 1 is 1.05 bits per heavy atom. The minimum atomic E-state index is -0.581. The maximum atomic E-state index is 13.4. The number of likely N-dealkylation sites (tertiary alicyclic amines) is 1. The van der Waals surface area contributed by atoms with E-state index in [1.165, 1.54) is 12.4 Å². The van der Waals surface area contributed by atoms with Crippen LogP contribution < -0.4 is 20.1 Å². The van der Waals surface area contributed by atoms with E-state index in [1.807, 2.05) is 30.3 Å². The highest BCUT2D eigenvalue weighted by Crippen LogP contribution is 2.37. The first-order chi connectivity index (χ1) is 21.0. The summed E-state index contributed by atoms with van der Waals surface area (Å²) < 4.78 is 12.0. The molecule has 220 valence electrons. The summed E-state index contributed by atoms with van der Waals surface area (Å²) in [7, 11) is 0. The Morgan fingerprint density at radius 3 is 2.70 bits per heavy atom. The fraction of sp³-hybridized carbons (Fsp3) is 0.281. The summed E-state index contributed by atoms with van der Waals surface area (Å²) in [6.45, 7) is 4.94. The van der Waals surface area contributed by atoms with Crippen LogP contribution in [0.15, 0.2) is 73.7 Å². The van der Waals surface area contributed by atoms with Crippen molar-refractivity contribution >= 4 is 51.5 Å². The van der Waals surface area contributed by atoms with E-state index in [0.717, 1.165) is 25.0 Å². The molecule has 1 saturated heterocycles. The number of hydrogen-bond donors (Lipinski definition) is 2. The lowest BCUT2D eigenvalue weighted by Gasteiger charge is -2.23. The van der Waals surface area contributed by atoms with Gasteiger partial charge in [-0.2, -0.15) is 0 Å². The van der Waals surface area contributed by atoms with Gasteiger partial charge in [-0.25, -0.2) is 9.97 Å². The van der Waals surface area contributed by atoms with E-state index in [0.29, 0.717) is 76.7 Å². The summed E-state index contributed by atoms with van der Waals surface area (Å²) in [5, 5.41) is 7.43. The van der Waals surface area contributed by atoms with E-state index in [1.54, 1.807) is 29.3 Å². The van der Waals surface area contributed by atoms with E-state index >= 15 is 0 Å². The number of pyridine rings is 1. The third kappa shape index (κ3) is 6.70. The summed E-state index contributed by atoms with van der Waals surface area (Å²) in [6.07, 6.45) is 8.01. The summed E-state index contributed by atoms with van der Waals surface area (Å²) in [6, 6.07) is 14.0. The molecule has 2 aromatic heterocycles. The molecule has 1 saturated carbocycles. The van der Waals surface area contributed by atoms with Crippen molar-refractivity contribution in [1.82, 2.24) is 19.9 Å². The lowest BCUT2D eigenvalue weighted by atomic mass is 10.1. The van der Waals surface area contributed by atoms with Gasteiger partial charge in [0.05, 0.1) is 28.5 Å². The zero-order chi connectivity index (χ0) is 29.8. The topological polar surface area (TPSA) is 119 Å². The number of carbonyl (C=O) groups is 2. The molecule has 0 radical (unpaired) electrons. The standard InChI is InChI=1S/C32H31ClN6O4/c1-2-30(40)39-13-5-7-27(39)32(41)38-26-15-23-25(16-29(26)42-17-20-8-9-20)35-19-36-31(23)37-21-10-11-28(24(33)14-21)43-18-22-6-3-4-12-34-22/h2-4,6,10-12,14-16,19-20,27H,1,5,7-9,13,17-18H2,(H,38,41)(H,35,36,37)/t27-/m0/s1. The first-order valence-electron chi connectivity index (χ1n) is 14.2. The van der Waals surface area contributed by atoms with Crippen LogP contribution in [-0.2, 0) is 16.2 Å². The molecule has 1 atom stereocenters. The quantitative estimate of drug-likeness (QED) is 0.205. The van der Waals surface area contributed by atoms with Crippen LogP contribution in [0.4, 0.5) is 17.2 Å². The van der Waals surface area contributed by atoms with Gasteiger partial charge in [0, 0.05) is 29.9 Å². The molecule has 2 aromatic carbocycles. The first-order valence-corrected chi connectivity index (χ1v) is 14.6. The monoisotopic (exact) mass is 598 g/mol. The van der Waals surface area contributed by atoms with Crippen LogP contribution in [0.1, 0.15) is 31.4 Å². The van der Waals surface area contributed by atoms with Crippen molar-refractivity contribution in [2.75, 3.05) is 23.8 Å². The van der Waals surface area contributed by atoms with Gasteiger partial charge in [0.15, 0.2) is 0 Å². The molecule has 1 aliphatic carbocycles. The average molecular weight is 599 g/mol. The fourth-order valence-electron chi connectivity index (χ4n) is 5.00. The molecule has 2 N–H and O–H groups in total. The first kappa shape index (κ1) is 28.4. The van der Waals surface area contributed by atoms with E-state index < -0.39 is 6.04 Å². The van der Waals surface area contributed by atoms with Gasteiger partial charge in [-0.05, 0) is 74.1 Å². The van der Waals surface area contributed by atoms with Crippen molar-refractivity contribution in [3.63, 3.8) is 0 Å². The van der Waals surface area contributed by atoms with Crippen LogP contribution in [-0.4, -0.2) is 50.9 Å². The third-order valence-electron chi connectivity index (χ3n) is 7.48. The molecule has 2 fully saturated rings. The molecule has 3 heterocycles. The third-order valence-corrected chi connectivity index (χ3v) is 7.77. The summed E-state index contributed by atoms with van der Waals surface area (Å²) in [5.41, 5.74) is 2.63. The number of aromatic nitrogens is 3. The average Bonchev–Trinajstić information content (AvgIpc) is 3.72. The fourth-order valence-corrected chi connectivity index (χ4v) is 5.23. The molecular weight excluding hydrogens is 568 g/mol. The minimum absolute atomic E-state index is 0.256. The molecule has 43 heavy (non-hydrogen) atoms. The lowest BCUT2D eigenvalue weighted by Crippen LogP contribution is -2.42. The summed E-state index contributed by atoms with van der Waals surface area (Å²) in [4.78, 5) is 40.5. The van der Waals surface area contributed by atoms with Crippen LogP contribution in [0.5, 0.6) is 11.5 Å². The van der Waals surface area contributed by atoms with Crippen molar-refractivity contribution in [3.05, 3.63) is 84.4 Å². The van der Waals surface area contributed by atoms with Gasteiger partial charge in [-0.15, -0.1) is 0 Å². The SMILES string of the molecule is C=CC(=O)N1CCC[C@H]1C(=O)Nc1cc2c(Nc3ccc(OCc4ccccn4)c(Cl)c3)ncnc2cc1OCC1CC1. The molecule has 2 amide bonds. The number of amides is 2. The number of carbonyl (C=O) groups excluding carboxylic acids is 2. The van der Waals surface area contributed by atoms with Crippen molar-refractivity contribution < 1.29 is 19.1 Å². The van der Waals surface area contributed by atoms with Gasteiger partial charge >= 0.3 is 0 Å². The second-order valence-electron chi connectivity index (χ2n) is 10.6. The highest BCUT2D eigenvalue weighted by molar-refractivity contribution is 6.32. The Labute approximate surface area is 254 Å². The van der Waals surface area contributed by atoms with E-state index in [-0.39, 0.29) is 11.8 Å².